The van der Waals surface area contributed by atoms with Gasteiger partial charge in [0.05, 0.1) is 0 Å². The Bertz CT molecular complexity index is 573. The van der Waals surface area contributed by atoms with Crippen molar-refractivity contribution >= 4 is 28.5 Å². The summed E-state index contributed by atoms with van der Waals surface area (Å²) in [4.78, 5) is 10.4. The molecule has 2 rings (SSSR count). The van der Waals surface area contributed by atoms with E-state index in [9.17, 15) is 4.79 Å². The summed E-state index contributed by atoms with van der Waals surface area (Å²) in [6, 6.07) is 11.3. The Morgan fingerprint density at radius 2 is 1.81 bits per heavy atom. The molecule has 0 unspecified atom stereocenters. The second kappa shape index (κ2) is 4.06. The van der Waals surface area contributed by atoms with Crippen LogP contribution in [0.2, 0.25) is 0 Å². The maximum atomic E-state index is 10.4. The van der Waals surface area contributed by atoms with Gasteiger partial charge in [-0.2, -0.15) is 0 Å². The van der Waals surface area contributed by atoms with E-state index in [1.165, 1.54) is 0 Å². The summed E-state index contributed by atoms with van der Waals surface area (Å²) in [6.45, 7) is 0. The first-order chi connectivity index (χ1) is 7.65. The molecule has 2 aromatic carbocycles. The Balaban J connectivity index is 2.44. The number of aliphatic carboxylic acids is 1. The Morgan fingerprint density at radius 1 is 1.12 bits per heavy atom. The van der Waals surface area contributed by atoms with Crippen molar-refractivity contribution < 1.29 is 9.90 Å². The zero-order chi connectivity index (χ0) is 11.5. The second-order valence-corrected chi connectivity index (χ2v) is 3.54. The lowest BCUT2D eigenvalue weighted by Gasteiger charge is -2.00. The first-order valence-electron chi connectivity index (χ1n) is 4.85. The van der Waals surface area contributed by atoms with Crippen molar-refractivity contribution in [2.45, 2.75) is 0 Å². The minimum absolute atomic E-state index is 0.723. The van der Waals surface area contributed by atoms with E-state index < -0.39 is 5.97 Å². The molecule has 0 heterocycles. The number of hydrogen-bond donors (Lipinski definition) is 2. The van der Waals surface area contributed by atoms with E-state index in [4.69, 9.17) is 10.8 Å². The summed E-state index contributed by atoms with van der Waals surface area (Å²) in [5.41, 5.74) is 7.25. The quantitative estimate of drug-likeness (QED) is 0.595. The number of fused-ring (bicyclic) bond motifs is 1. The molecule has 0 radical (unpaired) electrons. The molecule has 0 saturated heterocycles. The monoisotopic (exact) mass is 213 g/mol. The van der Waals surface area contributed by atoms with Crippen LogP contribution in [0, 0.1) is 0 Å². The van der Waals surface area contributed by atoms with E-state index in [1.54, 1.807) is 6.08 Å². The normalized spacial score (nSPS) is 11.0. The lowest BCUT2D eigenvalue weighted by Crippen LogP contribution is -1.86. The summed E-state index contributed by atoms with van der Waals surface area (Å²) < 4.78 is 0. The van der Waals surface area contributed by atoms with E-state index in [2.05, 4.69) is 0 Å². The molecule has 3 nitrogen and oxygen atoms in total. The zero-order valence-corrected chi connectivity index (χ0v) is 8.55. The van der Waals surface area contributed by atoms with Crippen LogP contribution >= 0.6 is 0 Å². The summed E-state index contributed by atoms with van der Waals surface area (Å²) in [5, 5.41) is 10.6. The topological polar surface area (TPSA) is 63.3 Å². The van der Waals surface area contributed by atoms with Crippen LogP contribution in [-0.2, 0) is 4.79 Å². The minimum Gasteiger partial charge on any atom is -0.478 e. The van der Waals surface area contributed by atoms with E-state index in [-0.39, 0.29) is 0 Å². The SMILES string of the molecule is Nc1ccc2cc(C=CC(=O)O)ccc2c1. The van der Waals surface area contributed by atoms with Gasteiger partial charge in [0.1, 0.15) is 0 Å². The molecule has 0 aliphatic heterocycles. The van der Waals surface area contributed by atoms with Gasteiger partial charge in [-0.15, -0.1) is 0 Å². The fraction of sp³-hybridized carbons (Fsp3) is 0. The smallest absolute Gasteiger partial charge is 0.328 e. The van der Waals surface area contributed by atoms with Gasteiger partial charge < -0.3 is 10.8 Å². The Labute approximate surface area is 92.8 Å². The summed E-state index contributed by atoms with van der Waals surface area (Å²) in [5.74, 6) is -0.947. The Morgan fingerprint density at radius 3 is 2.56 bits per heavy atom. The van der Waals surface area contributed by atoms with Gasteiger partial charge in [-0.3, -0.25) is 0 Å². The number of nitrogens with two attached hydrogens (primary N) is 1. The van der Waals surface area contributed by atoms with Crippen LogP contribution in [0.15, 0.2) is 42.5 Å². The fourth-order valence-electron chi connectivity index (χ4n) is 1.55. The van der Waals surface area contributed by atoms with Gasteiger partial charge in [0.2, 0.25) is 0 Å². The van der Waals surface area contributed by atoms with Crippen LogP contribution in [0.1, 0.15) is 5.56 Å². The predicted octanol–water partition coefficient (Wildman–Crippen LogP) is 2.52. The molecular formula is C13H11NO2. The number of carboxylic acid groups (broad SMARTS) is 1. The molecule has 0 atom stereocenters. The van der Waals surface area contributed by atoms with Crippen LogP contribution in [0.4, 0.5) is 5.69 Å². The predicted molar refractivity (Wildman–Crippen MR) is 65.0 cm³/mol. The molecule has 0 bridgehead atoms. The number of benzene rings is 2. The standard InChI is InChI=1S/C13H11NO2/c14-12-5-4-10-7-9(2-6-13(15)16)1-3-11(10)8-12/h1-8H,14H2,(H,15,16). The van der Waals surface area contributed by atoms with Crippen LogP contribution < -0.4 is 5.73 Å². The maximum absolute atomic E-state index is 10.4. The van der Waals surface area contributed by atoms with Crippen molar-refractivity contribution in [2.75, 3.05) is 5.73 Å². The Hall–Kier alpha value is -2.29. The molecule has 0 saturated carbocycles. The highest BCUT2D eigenvalue weighted by molar-refractivity contribution is 5.89. The van der Waals surface area contributed by atoms with Crippen molar-refractivity contribution in [3.8, 4) is 0 Å². The molecule has 0 aliphatic carbocycles. The Kier molecular flexibility index (Phi) is 2.60. The van der Waals surface area contributed by atoms with Gasteiger partial charge in [-0.05, 0) is 40.6 Å². The lowest BCUT2D eigenvalue weighted by atomic mass is 10.1. The van der Waals surface area contributed by atoms with Crippen molar-refractivity contribution in [1.29, 1.82) is 0 Å². The summed E-state index contributed by atoms with van der Waals surface area (Å²) >= 11 is 0. The largest absolute Gasteiger partial charge is 0.478 e. The number of anilines is 1. The zero-order valence-electron chi connectivity index (χ0n) is 8.55. The highest BCUT2D eigenvalue weighted by atomic mass is 16.4. The maximum Gasteiger partial charge on any atom is 0.328 e. The van der Waals surface area contributed by atoms with Gasteiger partial charge in [0.25, 0.3) is 0 Å². The van der Waals surface area contributed by atoms with Gasteiger partial charge in [0.15, 0.2) is 0 Å². The van der Waals surface area contributed by atoms with Crippen molar-refractivity contribution in [3.63, 3.8) is 0 Å². The summed E-state index contributed by atoms with van der Waals surface area (Å²) in [6.07, 6.45) is 2.69. The molecule has 3 heteroatoms. The van der Waals surface area contributed by atoms with Crippen LogP contribution in [0.25, 0.3) is 16.8 Å². The molecule has 80 valence electrons. The first-order valence-corrected chi connectivity index (χ1v) is 4.85. The summed E-state index contributed by atoms with van der Waals surface area (Å²) in [7, 11) is 0. The van der Waals surface area contributed by atoms with Gasteiger partial charge >= 0.3 is 5.97 Å². The van der Waals surface area contributed by atoms with Gasteiger partial charge in [0, 0.05) is 11.8 Å². The highest BCUT2D eigenvalue weighted by Gasteiger charge is 1.95. The average Bonchev–Trinajstić information content (AvgIpc) is 2.26. The van der Waals surface area contributed by atoms with Gasteiger partial charge in [-0.25, -0.2) is 4.79 Å². The molecule has 3 N–H and O–H groups in total. The molecular weight excluding hydrogens is 202 g/mol. The van der Waals surface area contributed by atoms with E-state index in [1.807, 2.05) is 36.4 Å². The molecule has 0 fully saturated rings. The number of carbonyl (C=O) groups is 1. The van der Waals surface area contributed by atoms with Crippen LogP contribution in [0.3, 0.4) is 0 Å². The van der Waals surface area contributed by atoms with Crippen molar-refractivity contribution in [3.05, 3.63) is 48.0 Å². The van der Waals surface area contributed by atoms with Gasteiger partial charge in [-0.1, -0.05) is 18.2 Å². The van der Waals surface area contributed by atoms with Crippen LogP contribution in [-0.4, -0.2) is 11.1 Å². The minimum atomic E-state index is -0.947. The van der Waals surface area contributed by atoms with Crippen molar-refractivity contribution in [2.24, 2.45) is 0 Å². The highest BCUT2D eigenvalue weighted by Crippen LogP contribution is 2.19. The third kappa shape index (κ3) is 2.20. The number of carboxylic acids is 1. The lowest BCUT2D eigenvalue weighted by molar-refractivity contribution is -0.131. The molecule has 0 aromatic heterocycles. The second-order valence-electron chi connectivity index (χ2n) is 3.54. The van der Waals surface area contributed by atoms with E-state index >= 15 is 0 Å². The van der Waals surface area contributed by atoms with E-state index in [0.29, 0.717) is 0 Å². The van der Waals surface area contributed by atoms with Crippen LogP contribution in [0.5, 0.6) is 0 Å². The van der Waals surface area contributed by atoms with Crippen molar-refractivity contribution in [1.82, 2.24) is 0 Å². The first kappa shape index (κ1) is 10.2. The molecule has 2 aromatic rings. The average molecular weight is 213 g/mol. The molecule has 0 aliphatic rings. The molecule has 0 amide bonds. The number of nitrogen functional groups attached to an aromatic ring is 1. The molecule has 16 heavy (non-hydrogen) atoms. The third-order valence-electron chi connectivity index (χ3n) is 2.31. The fourth-order valence-corrected chi connectivity index (χ4v) is 1.55. The molecule has 0 spiro atoms. The number of rotatable bonds is 2. The van der Waals surface area contributed by atoms with E-state index in [0.717, 1.165) is 28.1 Å². The third-order valence-corrected chi connectivity index (χ3v) is 2.31. The number of hydrogen-bond acceptors (Lipinski definition) is 2.